The Bertz CT molecular complexity index is 716. The second kappa shape index (κ2) is 7.24. The van der Waals surface area contributed by atoms with Gasteiger partial charge in [-0.2, -0.15) is 0 Å². The van der Waals surface area contributed by atoms with E-state index in [9.17, 15) is 19.8 Å². The molecular weight excluding hydrogens is 342 g/mol. The minimum absolute atomic E-state index is 0.0289. The lowest BCUT2D eigenvalue weighted by molar-refractivity contribution is -0.103. The number of carbonyl (C=O) groups is 1. The van der Waals surface area contributed by atoms with Crippen molar-refractivity contribution in [3.8, 4) is 5.75 Å². The molecule has 1 aromatic rings. The number of nitrogens with one attached hydrogen (secondary N) is 1. The van der Waals surface area contributed by atoms with E-state index in [4.69, 9.17) is 9.47 Å². The van der Waals surface area contributed by atoms with E-state index < -0.39 is 28.5 Å². The summed E-state index contributed by atoms with van der Waals surface area (Å²) < 4.78 is 11.1. The fourth-order valence-electron chi connectivity index (χ4n) is 2.87. The van der Waals surface area contributed by atoms with Crippen LogP contribution in [-0.2, 0) is 15.0 Å². The molecule has 26 heavy (non-hydrogen) atoms. The Morgan fingerprint density at radius 1 is 1.50 bits per heavy atom. The molecule has 3 N–H and O–H groups in total. The van der Waals surface area contributed by atoms with Crippen molar-refractivity contribution < 1.29 is 24.5 Å². The quantitative estimate of drug-likeness (QED) is 0.726. The number of H-pyrrole nitrogens is 1. The number of aromatic amines is 1. The summed E-state index contributed by atoms with van der Waals surface area (Å²) in [5, 5.41) is 19.0. The Morgan fingerprint density at radius 3 is 2.62 bits per heavy atom. The topological polar surface area (TPSA) is 125 Å². The van der Waals surface area contributed by atoms with Crippen LogP contribution in [0.4, 0.5) is 4.79 Å². The number of nitrogens with zero attached hydrogens (tertiary/aromatic N) is 2. The van der Waals surface area contributed by atoms with E-state index >= 15 is 0 Å². The molecular formula is C17H27N3O6. The summed E-state index contributed by atoms with van der Waals surface area (Å²) in [4.78, 5) is 32.9. The second-order valence-corrected chi connectivity index (χ2v) is 7.57. The molecule has 0 aromatic carbocycles. The molecule has 1 fully saturated rings. The maximum Gasteiger partial charge on any atom is 0.410 e. The van der Waals surface area contributed by atoms with Gasteiger partial charge in [0.05, 0.1) is 25.0 Å². The van der Waals surface area contributed by atoms with Crippen LogP contribution in [0.3, 0.4) is 0 Å². The maximum absolute atomic E-state index is 12.7. The highest BCUT2D eigenvalue weighted by Gasteiger charge is 2.47. The third-order valence-corrected chi connectivity index (χ3v) is 4.46. The Balaban J connectivity index is 2.47. The van der Waals surface area contributed by atoms with Crippen LogP contribution in [0.1, 0.15) is 45.1 Å². The van der Waals surface area contributed by atoms with E-state index in [0.717, 1.165) is 0 Å². The Kier molecular flexibility index (Phi) is 5.62. The van der Waals surface area contributed by atoms with Crippen molar-refractivity contribution in [1.29, 1.82) is 0 Å². The molecule has 0 aliphatic carbocycles. The molecule has 2 heterocycles. The zero-order valence-electron chi connectivity index (χ0n) is 15.8. The summed E-state index contributed by atoms with van der Waals surface area (Å²) in [5.74, 6) is -0.253. The molecule has 1 aliphatic rings. The number of aliphatic hydroxyl groups is 1. The minimum atomic E-state index is -1.08. The van der Waals surface area contributed by atoms with Gasteiger partial charge in [0.25, 0.3) is 5.56 Å². The van der Waals surface area contributed by atoms with Crippen LogP contribution in [0, 0.1) is 6.92 Å². The first-order valence-corrected chi connectivity index (χ1v) is 8.50. The number of ether oxygens (including phenoxy) is 2. The first-order chi connectivity index (χ1) is 12.0. The number of carbonyl (C=O) groups excluding carboxylic acids is 1. The standard InChI is InChI=1S/C17H27N3O6/c1-10-12(22)13(23)19-14(18-10)17(7-6-11(8-21)25-9-17)20(5)15(24)26-16(2,3)4/h11,21-22H,6-9H2,1-5H3,(H,18,19,23)/t11-,17+/m1/s1. The predicted octanol–water partition coefficient (Wildman–Crippen LogP) is 1.02. The highest BCUT2D eigenvalue weighted by molar-refractivity contribution is 5.69. The molecule has 1 saturated heterocycles. The lowest BCUT2D eigenvalue weighted by atomic mass is 9.87. The first-order valence-electron chi connectivity index (χ1n) is 8.50. The molecule has 9 heteroatoms. The number of hydrogen-bond acceptors (Lipinski definition) is 7. The van der Waals surface area contributed by atoms with Crippen LogP contribution in [0.15, 0.2) is 4.79 Å². The fourth-order valence-corrected chi connectivity index (χ4v) is 2.87. The van der Waals surface area contributed by atoms with E-state index in [1.54, 1.807) is 27.8 Å². The number of aliphatic hydroxyl groups excluding tert-OH is 1. The number of aromatic nitrogens is 2. The summed E-state index contributed by atoms with van der Waals surface area (Å²) in [7, 11) is 1.55. The van der Waals surface area contributed by atoms with Gasteiger partial charge in [0.1, 0.15) is 17.0 Å². The SMILES string of the molecule is Cc1nc([C@]2(N(C)C(=O)OC(C)(C)C)CC[C@H](CO)OC2)[nH]c(=O)c1O. The van der Waals surface area contributed by atoms with Gasteiger partial charge in [0.2, 0.25) is 5.75 Å². The molecule has 0 radical (unpaired) electrons. The summed E-state index contributed by atoms with van der Waals surface area (Å²) in [6, 6.07) is 0. The largest absolute Gasteiger partial charge is 0.502 e. The van der Waals surface area contributed by atoms with Gasteiger partial charge in [0.15, 0.2) is 0 Å². The minimum Gasteiger partial charge on any atom is -0.502 e. The fraction of sp³-hybridized carbons (Fsp3) is 0.706. The van der Waals surface area contributed by atoms with Crippen LogP contribution in [0.25, 0.3) is 0 Å². The van der Waals surface area contributed by atoms with Crippen molar-refractivity contribution in [1.82, 2.24) is 14.9 Å². The third-order valence-electron chi connectivity index (χ3n) is 4.46. The Morgan fingerprint density at radius 2 is 2.15 bits per heavy atom. The van der Waals surface area contributed by atoms with Crippen molar-refractivity contribution in [2.45, 2.75) is 57.8 Å². The van der Waals surface area contributed by atoms with Crippen LogP contribution in [-0.4, -0.2) is 63.1 Å². The van der Waals surface area contributed by atoms with E-state index in [-0.39, 0.29) is 30.8 Å². The van der Waals surface area contributed by atoms with E-state index in [2.05, 4.69) is 9.97 Å². The summed E-state index contributed by atoms with van der Waals surface area (Å²) >= 11 is 0. The van der Waals surface area contributed by atoms with Gasteiger partial charge in [-0.3, -0.25) is 9.69 Å². The molecule has 1 aliphatic heterocycles. The van der Waals surface area contributed by atoms with Gasteiger partial charge < -0.3 is 24.7 Å². The number of aryl methyl sites for hydroxylation is 1. The average Bonchev–Trinajstić information content (AvgIpc) is 2.57. The second-order valence-electron chi connectivity index (χ2n) is 7.57. The van der Waals surface area contributed by atoms with Gasteiger partial charge in [0, 0.05) is 7.05 Å². The molecule has 0 saturated carbocycles. The lowest BCUT2D eigenvalue weighted by Gasteiger charge is -2.44. The van der Waals surface area contributed by atoms with Crippen LogP contribution in [0.2, 0.25) is 0 Å². The highest BCUT2D eigenvalue weighted by Crippen LogP contribution is 2.36. The van der Waals surface area contributed by atoms with Gasteiger partial charge in [-0.25, -0.2) is 9.78 Å². The molecule has 2 atom stereocenters. The van der Waals surface area contributed by atoms with Gasteiger partial charge in [-0.1, -0.05) is 0 Å². The molecule has 1 amide bonds. The number of hydrogen-bond donors (Lipinski definition) is 3. The molecule has 0 spiro atoms. The zero-order chi connectivity index (χ0) is 19.7. The molecule has 2 rings (SSSR count). The Labute approximate surface area is 152 Å². The predicted molar refractivity (Wildman–Crippen MR) is 93.0 cm³/mol. The molecule has 0 unspecified atom stereocenters. The molecule has 0 bridgehead atoms. The van der Waals surface area contributed by atoms with E-state index in [0.29, 0.717) is 12.8 Å². The lowest BCUT2D eigenvalue weighted by Crippen LogP contribution is -2.56. The Hall–Kier alpha value is -2.13. The normalized spacial score (nSPS) is 23.5. The zero-order valence-corrected chi connectivity index (χ0v) is 15.8. The third kappa shape index (κ3) is 3.99. The number of likely N-dealkylation sites (N-methyl/N-ethyl adjacent to an activating group) is 1. The van der Waals surface area contributed by atoms with Crippen LogP contribution in [0.5, 0.6) is 5.75 Å². The maximum atomic E-state index is 12.7. The van der Waals surface area contributed by atoms with Crippen molar-refractivity contribution >= 4 is 6.09 Å². The van der Waals surface area contributed by atoms with Crippen molar-refractivity contribution in [2.24, 2.45) is 0 Å². The van der Waals surface area contributed by atoms with Gasteiger partial charge >= 0.3 is 6.09 Å². The molecule has 9 nitrogen and oxygen atoms in total. The van der Waals surface area contributed by atoms with Crippen LogP contribution >= 0.6 is 0 Å². The van der Waals surface area contributed by atoms with Gasteiger partial charge in [-0.15, -0.1) is 0 Å². The van der Waals surface area contributed by atoms with Crippen molar-refractivity contribution in [3.05, 3.63) is 21.9 Å². The van der Waals surface area contributed by atoms with Gasteiger partial charge in [-0.05, 0) is 40.5 Å². The molecule has 1 aromatic heterocycles. The number of rotatable bonds is 3. The van der Waals surface area contributed by atoms with Crippen molar-refractivity contribution in [2.75, 3.05) is 20.3 Å². The average molecular weight is 369 g/mol. The summed E-state index contributed by atoms with van der Waals surface area (Å²) in [5.41, 5.74) is -2.30. The van der Waals surface area contributed by atoms with Crippen molar-refractivity contribution in [3.63, 3.8) is 0 Å². The first kappa shape index (κ1) is 20.2. The van der Waals surface area contributed by atoms with E-state index in [1.165, 1.54) is 11.8 Å². The summed E-state index contributed by atoms with van der Waals surface area (Å²) in [6.07, 6.45) is -0.0639. The number of amides is 1. The smallest absolute Gasteiger partial charge is 0.410 e. The van der Waals surface area contributed by atoms with E-state index in [1.807, 2.05) is 0 Å². The monoisotopic (exact) mass is 369 g/mol. The van der Waals surface area contributed by atoms with Crippen LogP contribution < -0.4 is 5.56 Å². The highest BCUT2D eigenvalue weighted by atomic mass is 16.6. The molecule has 146 valence electrons. The summed E-state index contributed by atoms with van der Waals surface area (Å²) in [6.45, 7) is 6.68. The number of aromatic hydroxyl groups is 1.